The number of ether oxygens (including phenoxy) is 3. The predicted molar refractivity (Wildman–Crippen MR) is 99.1 cm³/mol. The molecule has 1 aliphatic heterocycles. The summed E-state index contributed by atoms with van der Waals surface area (Å²) < 4.78 is 21.4. The number of hydrogen-bond donors (Lipinski definition) is 1. The van der Waals surface area contributed by atoms with Crippen LogP contribution >= 0.6 is 12.2 Å². The summed E-state index contributed by atoms with van der Waals surface area (Å²) in [5.41, 5.74) is 0.996. The topological polar surface area (TPSA) is 73.2 Å². The average molecular weight is 374 g/mol. The minimum Gasteiger partial charge on any atom is -0.493 e. The van der Waals surface area contributed by atoms with Gasteiger partial charge in [-0.3, -0.25) is 9.69 Å². The zero-order valence-corrected chi connectivity index (χ0v) is 15.4. The average Bonchev–Trinajstić information content (AvgIpc) is 3.25. The van der Waals surface area contributed by atoms with Crippen LogP contribution in [0.3, 0.4) is 0 Å². The summed E-state index contributed by atoms with van der Waals surface area (Å²) in [6.45, 7) is 0.262. The molecule has 0 saturated carbocycles. The van der Waals surface area contributed by atoms with Crippen LogP contribution in [0.4, 0.5) is 0 Å². The predicted octanol–water partition coefficient (Wildman–Crippen LogP) is 2.56. The number of nitrogens with one attached hydrogen (secondary N) is 1. The van der Waals surface area contributed by atoms with E-state index in [0.717, 1.165) is 0 Å². The minimum atomic E-state index is -0.247. The van der Waals surface area contributed by atoms with Crippen LogP contribution in [0.15, 0.2) is 40.6 Å². The normalized spacial score (nSPS) is 15.3. The molecule has 0 aliphatic carbocycles. The van der Waals surface area contributed by atoms with E-state index >= 15 is 0 Å². The standard InChI is InChI=1S/C18H18N2O5S/c1-22-14-7-6-11(15(23-2)16(14)24-3)9-13-17(21)20(18(26)19-13)10-12-5-4-8-25-12/h4-9H,10H2,1-3H3,(H,19,26)/b13-9+. The Morgan fingerprint density at radius 1 is 1.15 bits per heavy atom. The summed E-state index contributed by atoms with van der Waals surface area (Å²) in [6, 6.07) is 7.07. The van der Waals surface area contributed by atoms with Crippen LogP contribution in [0.5, 0.6) is 17.2 Å². The first-order valence-corrected chi connectivity index (χ1v) is 8.15. The van der Waals surface area contributed by atoms with Gasteiger partial charge in [-0.25, -0.2) is 0 Å². The van der Waals surface area contributed by atoms with Gasteiger partial charge < -0.3 is 23.9 Å². The lowest BCUT2D eigenvalue weighted by atomic mass is 10.1. The molecule has 3 rings (SSSR count). The Hall–Kier alpha value is -3.00. The van der Waals surface area contributed by atoms with E-state index in [-0.39, 0.29) is 12.5 Å². The Morgan fingerprint density at radius 3 is 2.54 bits per heavy atom. The van der Waals surface area contributed by atoms with E-state index in [1.807, 2.05) is 0 Å². The second kappa shape index (κ2) is 7.49. The summed E-state index contributed by atoms with van der Waals surface area (Å²) in [6.07, 6.45) is 3.22. The van der Waals surface area contributed by atoms with Crippen LogP contribution in [-0.4, -0.2) is 37.2 Å². The van der Waals surface area contributed by atoms with Gasteiger partial charge in [-0.1, -0.05) is 0 Å². The van der Waals surface area contributed by atoms with Crippen molar-refractivity contribution in [1.82, 2.24) is 10.2 Å². The third-order valence-corrected chi connectivity index (χ3v) is 4.21. The summed E-state index contributed by atoms with van der Waals surface area (Å²) in [5, 5.41) is 3.25. The number of nitrogens with zero attached hydrogens (tertiary/aromatic N) is 1. The third-order valence-electron chi connectivity index (χ3n) is 3.89. The number of hydrogen-bond acceptors (Lipinski definition) is 6. The Bertz CT molecular complexity index is 861. The molecule has 8 heteroatoms. The second-order valence-corrected chi connectivity index (χ2v) is 5.77. The van der Waals surface area contributed by atoms with Crippen molar-refractivity contribution in [2.45, 2.75) is 6.54 Å². The van der Waals surface area contributed by atoms with Gasteiger partial charge in [0.25, 0.3) is 5.91 Å². The molecular formula is C18H18N2O5S. The molecule has 2 heterocycles. The summed E-state index contributed by atoms with van der Waals surface area (Å²) in [4.78, 5) is 14.1. The molecule has 26 heavy (non-hydrogen) atoms. The maximum atomic E-state index is 12.7. The molecule has 1 aromatic heterocycles. The molecule has 0 radical (unpaired) electrons. The van der Waals surface area contributed by atoms with Gasteiger partial charge in [0.15, 0.2) is 16.6 Å². The molecule has 1 fully saturated rings. The van der Waals surface area contributed by atoms with E-state index in [1.165, 1.54) is 19.1 Å². The molecule has 0 bridgehead atoms. The van der Waals surface area contributed by atoms with Gasteiger partial charge in [0.1, 0.15) is 11.5 Å². The maximum Gasteiger partial charge on any atom is 0.276 e. The number of methoxy groups -OCH3 is 3. The van der Waals surface area contributed by atoms with Gasteiger partial charge in [-0.15, -0.1) is 0 Å². The Balaban J connectivity index is 1.93. The van der Waals surface area contributed by atoms with Crippen LogP contribution in [0, 0.1) is 0 Å². The lowest BCUT2D eigenvalue weighted by molar-refractivity contribution is -0.122. The number of thiocarbonyl (C=S) groups is 1. The number of furan rings is 1. The number of rotatable bonds is 6. The van der Waals surface area contributed by atoms with Crippen LogP contribution in [0.1, 0.15) is 11.3 Å². The smallest absolute Gasteiger partial charge is 0.276 e. The highest BCUT2D eigenvalue weighted by molar-refractivity contribution is 7.80. The van der Waals surface area contributed by atoms with Crippen LogP contribution in [0.25, 0.3) is 6.08 Å². The second-order valence-electron chi connectivity index (χ2n) is 5.38. The highest BCUT2D eigenvalue weighted by Gasteiger charge is 2.31. The molecule has 1 saturated heterocycles. The van der Waals surface area contributed by atoms with Crippen molar-refractivity contribution in [3.63, 3.8) is 0 Å². The van der Waals surface area contributed by atoms with E-state index in [4.69, 9.17) is 30.8 Å². The molecular weight excluding hydrogens is 356 g/mol. The summed E-state index contributed by atoms with van der Waals surface area (Å²) >= 11 is 5.27. The SMILES string of the molecule is COc1ccc(/C=C2/NC(=S)N(Cc3ccco3)C2=O)c(OC)c1OC. The van der Waals surface area contributed by atoms with Crippen molar-refractivity contribution in [3.8, 4) is 17.2 Å². The molecule has 0 spiro atoms. The highest BCUT2D eigenvalue weighted by Crippen LogP contribution is 2.40. The van der Waals surface area contributed by atoms with Gasteiger partial charge in [-0.05, 0) is 42.6 Å². The van der Waals surface area contributed by atoms with Crippen LogP contribution in [-0.2, 0) is 11.3 Å². The molecule has 1 N–H and O–H groups in total. The van der Waals surface area contributed by atoms with Crippen molar-refractivity contribution < 1.29 is 23.4 Å². The van der Waals surface area contributed by atoms with Crippen molar-refractivity contribution in [2.24, 2.45) is 0 Å². The number of carbonyl (C=O) groups is 1. The Labute approximate surface area is 156 Å². The first kappa shape index (κ1) is 17.8. The molecule has 1 aliphatic rings. The van der Waals surface area contributed by atoms with E-state index in [0.29, 0.717) is 39.4 Å². The first-order chi connectivity index (χ1) is 12.6. The van der Waals surface area contributed by atoms with E-state index in [2.05, 4.69) is 5.32 Å². The molecule has 136 valence electrons. The van der Waals surface area contributed by atoms with Gasteiger partial charge in [0.05, 0.1) is 34.1 Å². The van der Waals surface area contributed by atoms with Crippen molar-refractivity contribution >= 4 is 29.3 Å². The molecule has 0 atom stereocenters. The Morgan fingerprint density at radius 2 is 1.92 bits per heavy atom. The third kappa shape index (κ3) is 3.23. The highest BCUT2D eigenvalue weighted by atomic mass is 32.1. The van der Waals surface area contributed by atoms with Gasteiger partial charge >= 0.3 is 0 Å². The summed E-state index contributed by atoms with van der Waals surface area (Å²) in [5.74, 6) is 1.84. The number of benzene rings is 1. The van der Waals surface area contributed by atoms with Crippen LogP contribution < -0.4 is 19.5 Å². The first-order valence-electron chi connectivity index (χ1n) is 7.75. The summed E-state index contributed by atoms with van der Waals surface area (Å²) in [7, 11) is 4.59. The van der Waals surface area contributed by atoms with E-state index in [9.17, 15) is 4.79 Å². The molecule has 7 nitrogen and oxygen atoms in total. The van der Waals surface area contributed by atoms with Gasteiger partial charge in [0, 0.05) is 5.56 Å². The lowest BCUT2D eigenvalue weighted by Gasteiger charge is -2.14. The molecule has 1 amide bonds. The van der Waals surface area contributed by atoms with Crippen molar-refractivity contribution in [2.75, 3.05) is 21.3 Å². The zero-order valence-electron chi connectivity index (χ0n) is 14.6. The monoisotopic (exact) mass is 374 g/mol. The molecule has 2 aromatic rings. The maximum absolute atomic E-state index is 12.7. The van der Waals surface area contributed by atoms with Crippen LogP contribution in [0.2, 0.25) is 0 Å². The Kier molecular flexibility index (Phi) is 5.13. The fourth-order valence-electron chi connectivity index (χ4n) is 2.67. The minimum absolute atomic E-state index is 0.247. The van der Waals surface area contributed by atoms with Crippen molar-refractivity contribution in [3.05, 3.63) is 47.5 Å². The zero-order chi connectivity index (χ0) is 18.7. The van der Waals surface area contributed by atoms with Gasteiger partial charge in [0.2, 0.25) is 5.75 Å². The van der Waals surface area contributed by atoms with Gasteiger partial charge in [-0.2, -0.15) is 0 Å². The quantitative estimate of drug-likeness (QED) is 0.615. The van der Waals surface area contributed by atoms with E-state index < -0.39 is 0 Å². The molecule has 0 unspecified atom stereocenters. The fourth-order valence-corrected chi connectivity index (χ4v) is 2.92. The largest absolute Gasteiger partial charge is 0.493 e. The number of amides is 1. The lowest BCUT2D eigenvalue weighted by Crippen LogP contribution is -2.29. The number of carbonyl (C=O) groups excluding carboxylic acids is 1. The van der Waals surface area contributed by atoms with Crippen molar-refractivity contribution in [1.29, 1.82) is 0 Å². The fraction of sp³-hybridized carbons (Fsp3) is 0.222. The molecule has 1 aromatic carbocycles. The van der Waals surface area contributed by atoms with E-state index in [1.54, 1.807) is 43.7 Å².